The van der Waals surface area contributed by atoms with Crippen LogP contribution in [0.5, 0.6) is 0 Å². The molecule has 0 heterocycles. The van der Waals surface area contributed by atoms with Crippen LogP contribution in [0.3, 0.4) is 0 Å². The number of nitrogens with one attached hydrogen (secondary N) is 2. The molecule has 0 aliphatic carbocycles. The van der Waals surface area contributed by atoms with Crippen LogP contribution in [0, 0.1) is 6.92 Å². The van der Waals surface area contributed by atoms with E-state index >= 15 is 0 Å². The van der Waals surface area contributed by atoms with Crippen molar-refractivity contribution in [2.24, 2.45) is 5.73 Å². The van der Waals surface area contributed by atoms with Crippen LogP contribution in [-0.4, -0.2) is 42.8 Å². The number of carbonyl (C=O) groups is 3. The van der Waals surface area contributed by atoms with Gasteiger partial charge in [0, 0.05) is 34.4 Å². The Labute approximate surface area is 172 Å². The zero-order valence-corrected chi connectivity index (χ0v) is 17.4. The lowest BCUT2D eigenvalue weighted by molar-refractivity contribution is -0.119. The first-order valence-electron chi connectivity index (χ1n) is 8.69. The van der Waals surface area contributed by atoms with E-state index in [0.717, 1.165) is 15.7 Å². The topological polar surface area (TPSA) is 105 Å². The minimum atomic E-state index is -0.517. The second-order valence-corrected chi connectivity index (χ2v) is 7.40. The molecule has 0 aliphatic rings. The smallest absolute Gasteiger partial charge is 0.248 e. The van der Waals surface area contributed by atoms with Crippen molar-refractivity contribution < 1.29 is 14.4 Å². The molecule has 3 amide bonds. The third-order valence-corrected chi connectivity index (χ3v) is 4.54. The summed E-state index contributed by atoms with van der Waals surface area (Å²) in [6, 6.07) is 12.0. The number of hydrogen-bond donors (Lipinski definition) is 3. The minimum absolute atomic E-state index is 0.143. The Morgan fingerprint density at radius 3 is 2.32 bits per heavy atom. The Bertz CT molecular complexity index is 868. The predicted molar refractivity (Wildman–Crippen MR) is 113 cm³/mol. The molecule has 28 heavy (non-hydrogen) atoms. The lowest BCUT2D eigenvalue weighted by Crippen LogP contribution is -2.32. The van der Waals surface area contributed by atoms with Crippen LogP contribution in [0.4, 0.5) is 11.4 Å². The first-order chi connectivity index (χ1) is 13.2. The van der Waals surface area contributed by atoms with Gasteiger partial charge >= 0.3 is 0 Å². The molecule has 0 unspecified atom stereocenters. The zero-order chi connectivity index (χ0) is 20.7. The Hall–Kier alpha value is -2.71. The van der Waals surface area contributed by atoms with Gasteiger partial charge in [-0.05, 0) is 62.0 Å². The summed E-state index contributed by atoms with van der Waals surface area (Å²) >= 11 is 3.39. The molecule has 8 heteroatoms. The van der Waals surface area contributed by atoms with E-state index in [0.29, 0.717) is 17.8 Å². The number of hydrogen-bond acceptors (Lipinski definition) is 4. The number of rotatable bonds is 8. The van der Waals surface area contributed by atoms with Gasteiger partial charge in [-0.15, -0.1) is 0 Å². The molecule has 7 nitrogen and oxygen atoms in total. The second kappa shape index (κ2) is 10.0. The molecule has 0 aliphatic heterocycles. The van der Waals surface area contributed by atoms with Gasteiger partial charge in [0.1, 0.15) is 0 Å². The van der Waals surface area contributed by atoms with Gasteiger partial charge in [0.05, 0.1) is 6.54 Å². The maximum absolute atomic E-state index is 12.2. The van der Waals surface area contributed by atoms with E-state index in [1.165, 1.54) is 0 Å². The monoisotopic (exact) mass is 446 g/mol. The number of benzene rings is 2. The molecule has 4 N–H and O–H groups in total. The van der Waals surface area contributed by atoms with Crippen molar-refractivity contribution >= 4 is 45.0 Å². The molecular formula is C20H23BrN4O3. The molecule has 148 valence electrons. The lowest BCUT2D eigenvalue weighted by Gasteiger charge is -2.17. The first-order valence-corrected chi connectivity index (χ1v) is 9.48. The third-order valence-electron chi connectivity index (χ3n) is 4.05. The number of halogens is 1. The highest BCUT2D eigenvalue weighted by molar-refractivity contribution is 9.10. The van der Waals surface area contributed by atoms with Gasteiger partial charge in [0.25, 0.3) is 0 Å². The highest BCUT2D eigenvalue weighted by Crippen LogP contribution is 2.19. The molecule has 0 radical (unpaired) electrons. The summed E-state index contributed by atoms with van der Waals surface area (Å²) in [5.41, 5.74) is 7.87. The van der Waals surface area contributed by atoms with Crippen LogP contribution in [0.2, 0.25) is 0 Å². The number of primary amides is 1. The fraction of sp³-hybridized carbons (Fsp3) is 0.250. The molecule has 0 aromatic heterocycles. The summed E-state index contributed by atoms with van der Waals surface area (Å²) in [6.45, 7) is 2.53. The van der Waals surface area contributed by atoms with Gasteiger partial charge in [-0.1, -0.05) is 15.9 Å². The molecule has 0 saturated heterocycles. The number of anilines is 2. The van der Waals surface area contributed by atoms with Gasteiger partial charge in [-0.25, -0.2) is 0 Å². The van der Waals surface area contributed by atoms with E-state index < -0.39 is 5.91 Å². The Kier molecular flexibility index (Phi) is 7.71. The van der Waals surface area contributed by atoms with Crippen LogP contribution >= 0.6 is 15.9 Å². The van der Waals surface area contributed by atoms with Crippen LogP contribution < -0.4 is 16.4 Å². The zero-order valence-electron chi connectivity index (χ0n) is 15.8. The number of aryl methyl sites for hydroxylation is 1. The summed E-state index contributed by atoms with van der Waals surface area (Å²) in [5, 5.41) is 5.62. The van der Waals surface area contributed by atoms with Gasteiger partial charge in [-0.2, -0.15) is 0 Å². The molecule has 2 rings (SSSR count). The maximum Gasteiger partial charge on any atom is 0.248 e. The number of amides is 3. The molecular weight excluding hydrogens is 424 g/mol. The number of carbonyl (C=O) groups excluding carboxylic acids is 3. The van der Waals surface area contributed by atoms with Gasteiger partial charge in [0.2, 0.25) is 17.7 Å². The average molecular weight is 447 g/mol. The number of likely N-dealkylation sites (N-methyl/N-ethyl adjacent to an activating group) is 1. The molecule has 2 aromatic rings. The summed E-state index contributed by atoms with van der Waals surface area (Å²) < 4.78 is 0.954. The largest absolute Gasteiger partial charge is 0.366 e. The minimum Gasteiger partial charge on any atom is -0.366 e. The normalized spacial score (nSPS) is 10.6. The number of nitrogens with two attached hydrogens (primary N) is 1. The summed E-state index contributed by atoms with van der Waals surface area (Å²) in [5.74, 6) is -0.839. The van der Waals surface area contributed by atoms with Crippen molar-refractivity contribution in [1.29, 1.82) is 0 Å². The summed E-state index contributed by atoms with van der Waals surface area (Å²) in [6.07, 6.45) is 0.235. The van der Waals surface area contributed by atoms with Gasteiger partial charge in [0.15, 0.2) is 0 Å². The average Bonchev–Trinajstić information content (AvgIpc) is 2.63. The Balaban J connectivity index is 1.76. The Morgan fingerprint density at radius 1 is 1.04 bits per heavy atom. The van der Waals surface area contributed by atoms with E-state index in [1.54, 1.807) is 36.2 Å². The van der Waals surface area contributed by atoms with Gasteiger partial charge in [-0.3, -0.25) is 19.3 Å². The first kappa shape index (κ1) is 21.6. The van der Waals surface area contributed by atoms with Crippen molar-refractivity contribution in [3.63, 3.8) is 0 Å². The standard InChI is InChI=1S/C20H23BrN4O3/c1-13-11-15(21)5-8-17(13)24-19(27)12-25(2)10-9-18(26)23-16-6-3-14(4-7-16)20(22)28/h3-8,11H,9-10,12H2,1-2H3,(H2,22,28)(H,23,26)(H,24,27). The number of nitrogens with zero attached hydrogens (tertiary/aromatic N) is 1. The highest BCUT2D eigenvalue weighted by Gasteiger charge is 2.11. The summed E-state index contributed by atoms with van der Waals surface area (Å²) in [7, 11) is 1.78. The SMILES string of the molecule is Cc1cc(Br)ccc1NC(=O)CN(C)CCC(=O)Nc1ccc(C(N)=O)cc1. The van der Waals surface area contributed by atoms with Crippen molar-refractivity contribution in [2.75, 3.05) is 30.8 Å². The molecule has 0 bridgehead atoms. The van der Waals surface area contributed by atoms with Crippen LogP contribution in [0.15, 0.2) is 46.9 Å². The van der Waals surface area contributed by atoms with Crippen LogP contribution in [0.1, 0.15) is 22.3 Å². The predicted octanol–water partition coefficient (Wildman–Crippen LogP) is 2.76. The molecule has 0 atom stereocenters. The maximum atomic E-state index is 12.2. The van der Waals surface area contributed by atoms with Crippen molar-refractivity contribution in [2.45, 2.75) is 13.3 Å². The quantitative estimate of drug-likeness (QED) is 0.579. The second-order valence-electron chi connectivity index (χ2n) is 6.48. The molecule has 0 spiro atoms. The van der Waals surface area contributed by atoms with Gasteiger partial charge < -0.3 is 16.4 Å². The van der Waals surface area contributed by atoms with Crippen LogP contribution in [0.25, 0.3) is 0 Å². The van der Waals surface area contributed by atoms with Crippen molar-refractivity contribution in [3.05, 3.63) is 58.1 Å². The van der Waals surface area contributed by atoms with E-state index in [4.69, 9.17) is 5.73 Å². The highest BCUT2D eigenvalue weighted by atomic mass is 79.9. The summed E-state index contributed by atoms with van der Waals surface area (Å²) in [4.78, 5) is 37.1. The van der Waals surface area contributed by atoms with Crippen molar-refractivity contribution in [3.8, 4) is 0 Å². The molecule has 2 aromatic carbocycles. The fourth-order valence-corrected chi connectivity index (χ4v) is 2.99. The molecule has 0 saturated carbocycles. The third kappa shape index (κ3) is 6.79. The lowest BCUT2D eigenvalue weighted by atomic mass is 10.2. The Morgan fingerprint density at radius 2 is 1.71 bits per heavy atom. The van der Waals surface area contributed by atoms with Crippen molar-refractivity contribution in [1.82, 2.24) is 4.90 Å². The van der Waals surface area contributed by atoms with E-state index in [2.05, 4.69) is 26.6 Å². The van der Waals surface area contributed by atoms with E-state index in [1.807, 2.05) is 25.1 Å². The van der Waals surface area contributed by atoms with Crippen LogP contribution in [-0.2, 0) is 9.59 Å². The van der Waals surface area contributed by atoms with E-state index in [-0.39, 0.29) is 24.8 Å². The molecule has 0 fully saturated rings. The fourth-order valence-electron chi connectivity index (χ4n) is 2.51. The van der Waals surface area contributed by atoms with E-state index in [9.17, 15) is 14.4 Å².